The number of thiophene rings is 1. The number of oxazole rings is 1. The molecule has 1 N–H and O–H groups in total. The van der Waals surface area contributed by atoms with Crippen LogP contribution in [0.4, 0.5) is 0 Å². The van der Waals surface area contributed by atoms with E-state index in [-0.39, 0.29) is 18.4 Å². The third-order valence-electron chi connectivity index (χ3n) is 3.94. The largest absolute Gasteiger partial charge is 0.468 e. The van der Waals surface area contributed by atoms with E-state index in [1.165, 1.54) is 0 Å². The van der Waals surface area contributed by atoms with Crippen LogP contribution >= 0.6 is 11.3 Å². The Kier molecular flexibility index (Phi) is 5.35. The number of hydrogen-bond acceptors (Lipinski definition) is 6. The molecule has 0 saturated carbocycles. The molecule has 1 unspecified atom stereocenters. The number of nitrogens with zero attached hydrogens (tertiary/aromatic N) is 2. The first kappa shape index (κ1) is 17.4. The first-order chi connectivity index (χ1) is 12.0. The van der Waals surface area contributed by atoms with Crippen LogP contribution in [-0.2, 0) is 11.2 Å². The first-order valence-corrected chi connectivity index (χ1v) is 8.89. The highest BCUT2D eigenvalue weighted by atomic mass is 32.1. The summed E-state index contributed by atoms with van der Waals surface area (Å²) in [5.41, 5.74) is 0.667. The maximum absolute atomic E-state index is 12.3. The van der Waals surface area contributed by atoms with Gasteiger partial charge in [0.05, 0.1) is 29.3 Å². The highest BCUT2D eigenvalue weighted by Gasteiger charge is 2.19. The Morgan fingerprint density at radius 2 is 2.20 bits per heavy atom. The van der Waals surface area contributed by atoms with E-state index >= 15 is 0 Å². The van der Waals surface area contributed by atoms with Crippen LogP contribution in [-0.4, -0.2) is 36.4 Å². The van der Waals surface area contributed by atoms with Gasteiger partial charge in [-0.25, -0.2) is 4.98 Å². The van der Waals surface area contributed by atoms with Crippen molar-refractivity contribution >= 4 is 17.2 Å². The quantitative estimate of drug-likeness (QED) is 0.701. The van der Waals surface area contributed by atoms with Gasteiger partial charge in [-0.3, -0.25) is 9.69 Å². The van der Waals surface area contributed by atoms with Gasteiger partial charge in [0.2, 0.25) is 11.8 Å². The SMILES string of the molecule is Cc1oc(-c2cccs2)nc1CC(=O)NCC(c1ccco1)N(C)C. The average molecular weight is 359 g/mol. The van der Waals surface area contributed by atoms with E-state index < -0.39 is 0 Å². The molecule has 1 atom stereocenters. The zero-order valence-corrected chi connectivity index (χ0v) is 15.3. The van der Waals surface area contributed by atoms with Crippen LogP contribution in [0.25, 0.3) is 10.8 Å². The number of carbonyl (C=O) groups excluding carboxylic acids is 1. The van der Waals surface area contributed by atoms with E-state index in [0.29, 0.717) is 23.9 Å². The summed E-state index contributed by atoms with van der Waals surface area (Å²) in [4.78, 5) is 19.7. The second kappa shape index (κ2) is 7.67. The van der Waals surface area contributed by atoms with E-state index in [1.807, 2.05) is 55.6 Å². The van der Waals surface area contributed by atoms with Crippen LogP contribution in [0.3, 0.4) is 0 Å². The van der Waals surface area contributed by atoms with Gasteiger partial charge in [0.25, 0.3) is 0 Å². The van der Waals surface area contributed by atoms with Crippen molar-refractivity contribution in [1.82, 2.24) is 15.2 Å². The molecule has 0 saturated heterocycles. The topological polar surface area (TPSA) is 71.5 Å². The number of amides is 1. The maximum Gasteiger partial charge on any atom is 0.236 e. The Bertz CT molecular complexity index is 807. The van der Waals surface area contributed by atoms with Crippen LogP contribution < -0.4 is 5.32 Å². The minimum absolute atomic E-state index is 0.0148. The number of rotatable bonds is 7. The molecule has 0 aliphatic heterocycles. The second-order valence-electron chi connectivity index (χ2n) is 5.97. The lowest BCUT2D eigenvalue weighted by Crippen LogP contribution is -2.35. The Morgan fingerprint density at radius 3 is 2.84 bits per heavy atom. The minimum atomic E-state index is -0.0902. The molecule has 3 heterocycles. The van der Waals surface area contributed by atoms with Gasteiger partial charge in [-0.05, 0) is 44.6 Å². The molecule has 3 aromatic rings. The average Bonchev–Trinajstić information content (AvgIpc) is 3.30. The molecule has 0 spiro atoms. The molecule has 0 aliphatic carbocycles. The first-order valence-electron chi connectivity index (χ1n) is 8.01. The molecule has 132 valence electrons. The van der Waals surface area contributed by atoms with Crippen molar-refractivity contribution in [2.24, 2.45) is 0 Å². The third kappa shape index (κ3) is 4.18. The normalized spacial score (nSPS) is 12.5. The molecule has 0 aromatic carbocycles. The lowest BCUT2D eigenvalue weighted by atomic mass is 10.2. The highest BCUT2D eigenvalue weighted by molar-refractivity contribution is 7.13. The monoisotopic (exact) mass is 359 g/mol. The van der Waals surface area contributed by atoms with E-state index in [2.05, 4.69) is 10.3 Å². The standard InChI is InChI=1S/C18H21N3O3S/c1-12-13(20-18(24-12)16-7-5-9-25-16)10-17(22)19-11-14(21(2)3)15-6-4-8-23-15/h4-9,14H,10-11H2,1-3H3,(H,19,22). The number of nitrogens with one attached hydrogen (secondary N) is 1. The molecule has 0 aliphatic rings. The minimum Gasteiger partial charge on any atom is -0.468 e. The lowest BCUT2D eigenvalue weighted by molar-refractivity contribution is -0.120. The molecule has 6 nitrogen and oxygen atoms in total. The van der Waals surface area contributed by atoms with Gasteiger partial charge in [0, 0.05) is 6.54 Å². The maximum atomic E-state index is 12.3. The molecule has 0 fully saturated rings. The Hall–Kier alpha value is -2.38. The predicted octanol–water partition coefficient (Wildman–Crippen LogP) is 3.27. The van der Waals surface area contributed by atoms with Gasteiger partial charge < -0.3 is 14.2 Å². The van der Waals surface area contributed by atoms with Crippen molar-refractivity contribution in [3.63, 3.8) is 0 Å². The summed E-state index contributed by atoms with van der Waals surface area (Å²) in [5.74, 6) is 1.97. The van der Waals surface area contributed by atoms with Crippen molar-refractivity contribution in [3.05, 3.63) is 53.1 Å². The van der Waals surface area contributed by atoms with E-state index in [1.54, 1.807) is 17.6 Å². The van der Waals surface area contributed by atoms with E-state index in [0.717, 1.165) is 10.6 Å². The number of carbonyl (C=O) groups is 1. The summed E-state index contributed by atoms with van der Waals surface area (Å²) in [6, 6.07) is 7.64. The molecule has 1 amide bonds. The summed E-state index contributed by atoms with van der Waals surface area (Å²) >= 11 is 1.56. The smallest absolute Gasteiger partial charge is 0.236 e. The van der Waals surface area contributed by atoms with E-state index in [4.69, 9.17) is 8.83 Å². The Balaban J connectivity index is 1.61. The van der Waals surface area contributed by atoms with Gasteiger partial charge in [-0.15, -0.1) is 11.3 Å². The molecule has 3 aromatic heterocycles. The zero-order chi connectivity index (χ0) is 17.8. The fourth-order valence-electron chi connectivity index (χ4n) is 2.54. The molecule has 0 radical (unpaired) electrons. The number of hydrogen-bond donors (Lipinski definition) is 1. The molecule has 25 heavy (non-hydrogen) atoms. The van der Waals surface area contributed by atoms with Crippen molar-refractivity contribution in [2.75, 3.05) is 20.6 Å². The van der Waals surface area contributed by atoms with Crippen molar-refractivity contribution in [1.29, 1.82) is 0 Å². The Morgan fingerprint density at radius 1 is 1.36 bits per heavy atom. The number of aromatic nitrogens is 1. The third-order valence-corrected chi connectivity index (χ3v) is 4.80. The van der Waals surface area contributed by atoms with Crippen molar-refractivity contribution < 1.29 is 13.6 Å². The molecular formula is C18H21N3O3S. The van der Waals surface area contributed by atoms with Gasteiger partial charge in [0.1, 0.15) is 11.5 Å². The van der Waals surface area contributed by atoms with Crippen LogP contribution in [0.15, 0.2) is 44.7 Å². The van der Waals surface area contributed by atoms with Crippen LogP contribution in [0.1, 0.15) is 23.3 Å². The summed E-state index contributed by atoms with van der Waals surface area (Å²) in [5, 5.41) is 4.92. The lowest BCUT2D eigenvalue weighted by Gasteiger charge is -2.22. The van der Waals surface area contributed by atoms with Gasteiger partial charge in [0.15, 0.2) is 0 Å². The highest BCUT2D eigenvalue weighted by Crippen LogP contribution is 2.26. The zero-order valence-electron chi connectivity index (χ0n) is 14.5. The fraction of sp³-hybridized carbons (Fsp3) is 0.333. The predicted molar refractivity (Wildman–Crippen MR) is 96.4 cm³/mol. The van der Waals surface area contributed by atoms with Crippen molar-refractivity contribution in [3.8, 4) is 10.8 Å². The van der Waals surface area contributed by atoms with Gasteiger partial charge in [-0.1, -0.05) is 6.07 Å². The van der Waals surface area contributed by atoms with Crippen LogP contribution in [0.5, 0.6) is 0 Å². The van der Waals surface area contributed by atoms with Crippen LogP contribution in [0.2, 0.25) is 0 Å². The number of aryl methyl sites for hydroxylation is 1. The molecule has 0 bridgehead atoms. The number of likely N-dealkylation sites (N-methyl/N-ethyl adjacent to an activating group) is 1. The van der Waals surface area contributed by atoms with E-state index in [9.17, 15) is 4.79 Å². The fourth-order valence-corrected chi connectivity index (χ4v) is 3.19. The van der Waals surface area contributed by atoms with Gasteiger partial charge >= 0.3 is 0 Å². The summed E-state index contributed by atoms with van der Waals surface area (Å²) in [6.07, 6.45) is 1.83. The molecule has 3 rings (SSSR count). The van der Waals surface area contributed by atoms with Crippen molar-refractivity contribution in [2.45, 2.75) is 19.4 Å². The second-order valence-corrected chi connectivity index (χ2v) is 6.92. The summed E-state index contributed by atoms with van der Waals surface area (Å²) in [6.45, 7) is 2.30. The summed E-state index contributed by atoms with van der Waals surface area (Å²) < 4.78 is 11.1. The molecular weight excluding hydrogens is 338 g/mol. The Labute approximate surface area is 150 Å². The number of furan rings is 1. The van der Waals surface area contributed by atoms with Crippen LogP contribution in [0, 0.1) is 6.92 Å². The molecule has 7 heteroatoms. The van der Waals surface area contributed by atoms with Gasteiger partial charge in [-0.2, -0.15) is 0 Å². The summed E-state index contributed by atoms with van der Waals surface area (Å²) in [7, 11) is 3.91.